The zero-order chi connectivity index (χ0) is 13.7. The van der Waals surface area contributed by atoms with Gasteiger partial charge in [-0.1, -0.05) is 11.6 Å². The maximum absolute atomic E-state index is 10.9. The van der Waals surface area contributed by atoms with E-state index in [0.717, 1.165) is 6.20 Å². The van der Waals surface area contributed by atoms with E-state index in [2.05, 4.69) is 21.2 Å². The average molecular weight is 328 g/mol. The average Bonchev–Trinajstić information content (AvgIpc) is 2.34. The summed E-state index contributed by atoms with van der Waals surface area (Å²) in [4.78, 5) is 10.2. The Morgan fingerprint density at radius 2 is 2.11 bits per heavy atom. The minimum Gasteiger partial charge on any atom is -0.353 e. The maximum atomic E-state index is 10.9. The number of anilines is 1. The van der Waals surface area contributed by atoms with Crippen molar-refractivity contribution in [1.29, 1.82) is 10.5 Å². The number of nitro groups is 1. The van der Waals surface area contributed by atoms with E-state index in [4.69, 9.17) is 22.1 Å². The van der Waals surface area contributed by atoms with Crippen molar-refractivity contribution in [1.82, 2.24) is 0 Å². The topological polar surface area (TPSA) is 103 Å². The highest BCUT2D eigenvalue weighted by Crippen LogP contribution is 2.38. The number of hydrogen-bond donors (Lipinski definition) is 1. The SMILES string of the molecule is N#CC(C#N)=CNc1c(Br)ccc(Cl)c1[N+](=O)[O-]. The molecule has 0 amide bonds. The lowest BCUT2D eigenvalue weighted by Crippen LogP contribution is -1.98. The first kappa shape index (κ1) is 14.0. The fourth-order valence-electron chi connectivity index (χ4n) is 1.09. The van der Waals surface area contributed by atoms with E-state index >= 15 is 0 Å². The Bertz CT molecular complexity index is 600. The van der Waals surface area contributed by atoms with Crippen LogP contribution in [0.3, 0.4) is 0 Å². The Kier molecular flexibility index (Phi) is 4.67. The van der Waals surface area contributed by atoms with E-state index in [1.54, 1.807) is 12.1 Å². The lowest BCUT2D eigenvalue weighted by Gasteiger charge is -2.06. The second kappa shape index (κ2) is 6.01. The van der Waals surface area contributed by atoms with Crippen molar-refractivity contribution in [3.8, 4) is 12.1 Å². The van der Waals surface area contributed by atoms with E-state index in [-0.39, 0.29) is 22.0 Å². The van der Waals surface area contributed by atoms with Gasteiger partial charge < -0.3 is 5.32 Å². The highest BCUT2D eigenvalue weighted by atomic mass is 79.9. The molecular formula is C10H4BrClN4O2. The van der Waals surface area contributed by atoms with Gasteiger partial charge in [-0.3, -0.25) is 10.1 Å². The monoisotopic (exact) mass is 326 g/mol. The van der Waals surface area contributed by atoms with Gasteiger partial charge >= 0.3 is 5.69 Å². The maximum Gasteiger partial charge on any atom is 0.312 e. The number of nitrogens with one attached hydrogen (secondary N) is 1. The third-order valence-electron chi connectivity index (χ3n) is 1.86. The number of rotatable bonds is 3. The van der Waals surface area contributed by atoms with Crippen molar-refractivity contribution in [3.05, 3.63) is 43.5 Å². The molecule has 0 heterocycles. The Morgan fingerprint density at radius 3 is 2.61 bits per heavy atom. The molecule has 0 aromatic heterocycles. The summed E-state index contributed by atoms with van der Waals surface area (Å²) >= 11 is 8.85. The van der Waals surface area contributed by atoms with Gasteiger partial charge in [0.1, 0.15) is 28.4 Å². The fraction of sp³-hybridized carbons (Fsp3) is 0. The first-order chi connectivity index (χ1) is 8.51. The molecule has 0 aliphatic heterocycles. The first-order valence-corrected chi connectivity index (χ1v) is 5.57. The Balaban J connectivity index is 3.30. The van der Waals surface area contributed by atoms with Gasteiger partial charge in [-0.2, -0.15) is 10.5 Å². The molecule has 0 fully saturated rings. The molecule has 90 valence electrons. The Morgan fingerprint density at radius 1 is 1.50 bits per heavy atom. The van der Waals surface area contributed by atoms with Crippen LogP contribution >= 0.6 is 27.5 Å². The molecule has 1 aromatic rings. The second-order valence-electron chi connectivity index (χ2n) is 2.94. The van der Waals surface area contributed by atoms with E-state index in [1.165, 1.54) is 12.1 Å². The van der Waals surface area contributed by atoms with Crippen LogP contribution in [0.1, 0.15) is 0 Å². The van der Waals surface area contributed by atoms with Gasteiger partial charge in [0.15, 0.2) is 0 Å². The molecule has 6 nitrogen and oxygen atoms in total. The fourth-order valence-corrected chi connectivity index (χ4v) is 1.75. The van der Waals surface area contributed by atoms with Gasteiger partial charge in [-0.15, -0.1) is 0 Å². The Labute approximate surface area is 115 Å². The second-order valence-corrected chi connectivity index (χ2v) is 4.20. The van der Waals surface area contributed by atoms with Gasteiger partial charge in [0.05, 0.1) is 4.92 Å². The van der Waals surface area contributed by atoms with Crippen molar-refractivity contribution >= 4 is 38.9 Å². The molecule has 0 saturated carbocycles. The van der Waals surface area contributed by atoms with Crippen molar-refractivity contribution in [2.24, 2.45) is 0 Å². The number of halogens is 2. The zero-order valence-corrected chi connectivity index (χ0v) is 11.0. The molecular weight excluding hydrogens is 323 g/mol. The largest absolute Gasteiger partial charge is 0.353 e. The molecule has 8 heteroatoms. The third kappa shape index (κ3) is 2.98. The van der Waals surface area contributed by atoms with Crippen LogP contribution in [0.5, 0.6) is 0 Å². The quantitative estimate of drug-likeness (QED) is 0.521. The van der Waals surface area contributed by atoms with E-state index in [0.29, 0.717) is 4.47 Å². The predicted octanol–water partition coefficient (Wildman–Crippen LogP) is 3.35. The summed E-state index contributed by atoms with van der Waals surface area (Å²) in [5, 5.41) is 30.5. The van der Waals surface area contributed by atoms with Gasteiger partial charge in [-0.05, 0) is 28.1 Å². The van der Waals surface area contributed by atoms with Crippen LogP contribution in [-0.4, -0.2) is 4.92 Å². The standard InChI is InChI=1S/C10H4BrClN4O2/c11-7-1-2-8(12)10(16(17)18)9(7)15-5-6(3-13)4-14/h1-2,5,15H. The molecule has 0 atom stereocenters. The van der Waals surface area contributed by atoms with E-state index < -0.39 is 4.92 Å². The molecule has 18 heavy (non-hydrogen) atoms. The summed E-state index contributed by atoms with van der Waals surface area (Å²) in [6, 6.07) is 6.14. The van der Waals surface area contributed by atoms with Crippen LogP contribution in [0, 0.1) is 32.8 Å². The lowest BCUT2D eigenvalue weighted by atomic mass is 10.2. The number of hydrogen-bond acceptors (Lipinski definition) is 5. The van der Waals surface area contributed by atoms with Gasteiger partial charge in [0.2, 0.25) is 0 Å². The van der Waals surface area contributed by atoms with Crippen molar-refractivity contribution in [3.63, 3.8) is 0 Å². The molecule has 0 unspecified atom stereocenters. The third-order valence-corrected chi connectivity index (χ3v) is 2.83. The van der Waals surface area contributed by atoms with Gasteiger partial charge in [0.25, 0.3) is 0 Å². The van der Waals surface area contributed by atoms with Crippen LogP contribution in [-0.2, 0) is 0 Å². The summed E-state index contributed by atoms with van der Waals surface area (Å²) in [5.74, 6) is 0. The molecule has 0 spiro atoms. The van der Waals surface area contributed by atoms with Crippen LogP contribution < -0.4 is 5.32 Å². The van der Waals surface area contributed by atoms with Crippen LogP contribution in [0.4, 0.5) is 11.4 Å². The number of nitriles is 2. The zero-order valence-electron chi connectivity index (χ0n) is 8.65. The smallest absolute Gasteiger partial charge is 0.312 e. The van der Waals surface area contributed by atoms with Crippen LogP contribution in [0.15, 0.2) is 28.4 Å². The highest BCUT2D eigenvalue weighted by Gasteiger charge is 2.21. The molecule has 0 bridgehead atoms. The Hall–Kier alpha value is -2.09. The molecule has 0 aliphatic carbocycles. The number of nitrogens with zero attached hydrogens (tertiary/aromatic N) is 3. The summed E-state index contributed by atoms with van der Waals surface area (Å²) in [6.45, 7) is 0. The number of nitro benzene ring substituents is 1. The number of benzene rings is 1. The molecule has 0 aliphatic rings. The van der Waals surface area contributed by atoms with E-state index in [1.807, 2.05) is 0 Å². The molecule has 0 saturated heterocycles. The summed E-state index contributed by atoms with van der Waals surface area (Å²) in [5.41, 5.74) is -0.468. The van der Waals surface area contributed by atoms with Crippen molar-refractivity contribution in [2.75, 3.05) is 5.32 Å². The molecule has 1 rings (SSSR count). The molecule has 1 aromatic carbocycles. The van der Waals surface area contributed by atoms with Gasteiger partial charge in [0, 0.05) is 10.7 Å². The van der Waals surface area contributed by atoms with Gasteiger partial charge in [-0.25, -0.2) is 0 Å². The lowest BCUT2D eigenvalue weighted by molar-refractivity contribution is -0.383. The van der Waals surface area contributed by atoms with E-state index in [9.17, 15) is 10.1 Å². The molecule has 1 N–H and O–H groups in total. The normalized spacial score (nSPS) is 8.89. The summed E-state index contributed by atoms with van der Waals surface area (Å²) in [7, 11) is 0. The van der Waals surface area contributed by atoms with Crippen molar-refractivity contribution in [2.45, 2.75) is 0 Å². The van der Waals surface area contributed by atoms with Crippen molar-refractivity contribution < 1.29 is 4.92 Å². The highest BCUT2D eigenvalue weighted by molar-refractivity contribution is 9.10. The van der Waals surface area contributed by atoms with Crippen LogP contribution in [0.2, 0.25) is 5.02 Å². The summed E-state index contributed by atoms with van der Waals surface area (Å²) < 4.78 is 0.394. The number of allylic oxidation sites excluding steroid dienone is 1. The minimum absolute atomic E-state index is 0.0467. The minimum atomic E-state index is -0.651. The first-order valence-electron chi connectivity index (χ1n) is 4.40. The molecule has 0 radical (unpaired) electrons. The summed E-state index contributed by atoms with van der Waals surface area (Å²) in [6.07, 6.45) is 1.07. The van der Waals surface area contributed by atoms with Crippen LogP contribution in [0.25, 0.3) is 0 Å². The predicted molar refractivity (Wildman–Crippen MR) is 68.7 cm³/mol.